The summed E-state index contributed by atoms with van der Waals surface area (Å²) < 4.78 is 0. The third-order valence-corrected chi connectivity index (χ3v) is 2.27. The Morgan fingerprint density at radius 3 is 1.75 bits per heavy atom. The average Bonchev–Trinajstić information content (AvgIpc) is 1.69. The third-order valence-electron chi connectivity index (χ3n) is 1.54. The van der Waals surface area contributed by atoms with Gasteiger partial charge in [0.15, 0.2) is 0 Å². The molecule has 0 amide bonds. The molecule has 0 aromatic rings. The molecule has 1 nitrogen and oxygen atoms in total. The Bertz CT molecular complexity index is 50.5. The van der Waals surface area contributed by atoms with Crippen LogP contribution in [0.25, 0.3) is 0 Å². The van der Waals surface area contributed by atoms with Gasteiger partial charge < -0.3 is 4.90 Å². The van der Waals surface area contributed by atoms with Crippen molar-refractivity contribution in [1.29, 1.82) is 0 Å². The molecule has 8 heavy (non-hydrogen) atoms. The highest BCUT2D eigenvalue weighted by molar-refractivity contribution is 6.11. The minimum Gasteiger partial charge on any atom is -0.315 e. The first-order valence-electron chi connectivity index (χ1n) is 3.46. The molecule has 0 N–H and O–H groups in total. The summed E-state index contributed by atoms with van der Waals surface area (Å²) in [7, 11) is 0. The summed E-state index contributed by atoms with van der Waals surface area (Å²) in [5.74, 6) is 0. The van der Waals surface area contributed by atoms with Gasteiger partial charge in [0.25, 0.3) is 0 Å². The molecule has 0 bridgehead atoms. The van der Waals surface area contributed by atoms with Gasteiger partial charge in [-0.2, -0.15) is 0 Å². The monoisotopic (exact) mass is 129 g/mol. The molecule has 0 saturated heterocycles. The highest BCUT2D eigenvalue weighted by atomic mass is 27.0. The van der Waals surface area contributed by atoms with Crippen LogP contribution in [0, 0.1) is 0 Å². The predicted molar refractivity (Wildman–Crippen MR) is 40.9 cm³/mol. The van der Waals surface area contributed by atoms with E-state index in [1.807, 2.05) is 0 Å². The Morgan fingerprint density at radius 2 is 1.75 bits per heavy atom. The summed E-state index contributed by atoms with van der Waals surface area (Å²) in [5, 5.41) is 0. The van der Waals surface area contributed by atoms with Gasteiger partial charge in [-0.1, -0.05) is 20.8 Å². The van der Waals surface area contributed by atoms with E-state index in [1.54, 1.807) is 0 Å². The normalized spacial score (nSPS) is 14.5. The van der Waals surface area contributed by atoms with E-state index < -0.39 is 0 Å². The molecule has 0 radical (unpaired) electrons. The second-order valence-corrected chi connectivity index (χ2v) is 3.99. The maximum Gasteiger partial charge on any atom is 0.239 e. The highest BCUT2D eigenvalue weighted by Crippen LogP contribution is 1.90. The summed E-state index contributed by atoms with van der Waals surface area (Å²) in [6.07, 6.45) is 0. The molecule has 0 aliphatic rings. The van der Waals surface area contributed by atoms with Crippen LogP contribution in [0.5, 0.6) is 0 Å². The van der Waals surface area contributed by atoms with Crippen molar-refractivity contribution in [2.75, 3.05) is 13.1 Å². The molecular formula is C6H16AlN. The molecule has 1 unspecified atom stereocenters. The van der Waals surface area contributed by atoms with Crippen molar-refractivity contribution in [3.05, 3.63) is 0 Å². The Kier molecular flexibility index (Phi) is 4.65. The van der Waals surface area contributed by atoms with Gasteiger partial charge in [-0.3, -0.25) is 0 Å². The number of hydrogen-bond donors (Lipinski definition) is 0. The molecule has 48 valence electrons. The van der Waals surface area contributed by atoms with E-state index in [9.17, 15) is 0 Å². The van der Waals surface area contributed by atoms with E-state index in [2.05, 4.69) is 25.7 Å². The van der Waals surface area contributed by atoms with Crippen LogP contribution in [0.3, 0.4) is 0 Å². The van der Waals surface area contributed by atoms with Gasteiger partial charge >= 0.3 is 0 Å². The quantitative estimate of drug-likeness (QED) is 0.496. The van der Waals surface area contributed by atoms with Crippen LogP contribution in [-0.2, 0) is 0 Å². The zero-order valence-electron chi connectivity index (χ0n) is 6.44. The average molecular weight is 129 g/mol. The van der Waals surface area contributed by atoms with Gasteiger partial charge in [0.05, 0.1) is 0 Å². The Morgan fingerprint density at radius 1 is 1.38 bits per heavy atom. The molecule has 0 aromatic heterocycles. The van der Waals surface area contributed by atoms with Crippen molar-refractivity contribution in [2.45, 2.75) is 25.7 Å². The lowest BCUT2D eigenvalue weighted by molar-refractivity contribution is 0.291. The number of rotatable bonds is 3. The van der Waals surface area contributed by atoms with E-state index in [-0.39, 0.29) is 0 Å². The molecule has 0 spiro atoms. The Balaban J connectivity index is 3.35. The Labute approximate surface area is 60.5 Å². The van der Waals surface area contributed by atoms with Crippen molar-refractivity contribution in [3.8, 4) is 0 Å². The van der Waals surface area contributed by atoms with Crippen molar-refractivity contribution in [1.82, 2.24) is 4.90 Å². The maximum atomic E-state index is 2.48. The van der Waals surface area contributed by atoms with Gasteiger partial charge in [0, 0.05) is 0 Å². The second kappa shape index (κ2) is 4.38. The standard InChI is InChI=1S/C6H14N.Al.2H/c1-4-7(5-2)6-3;;;/h4H,5-6H2,1-3H3;;;. The zero-order chi connectivity index (χ0) is 6.57. The van der Waals surface area contributed by atoms with Gasteiger partial charge in [-0.05, 0) is 18.0 Å². The summed E-state index contributed by atoms with van der Waals surface area (Å²) in [5.41, 5.74) is 0. The SMILES string of the molecule is CCN(CC)[CH](C)[AlH2]. The van der Waals surface area contributed by atoms with E-state index in [0.717, 1.165) is 4.90 Å². The smallest absolute Gasteiger partial charge is 0.239 e. The minimum absolute atomic E-state index is 0.852. The summed E-state index contributed by atoms with van der Waals surface area (Å²) in [4.78, 5) is 3.33. The molecule has 0 aliphatic heterocycles. The number of hydrogen-bond acceptors (Lipinski definition) is 1. The molecule has 0 saturated carbocycles. The molecule has 0 aromatic carbocycles. The molecule has 0 heterocycles. The van der Waals surface area contributed by atoms with E-state index in [4.69, 9.17) is 0 Å². The van der Waals surface area contributed by atoms with Crippen molar-refractivity contribution in [3.63, 3.8) is 0 Å². The van der Waals surface area contributed by atoms with Crippen molar-refractivity contribution < 1.29 is 0 Å². The maximum absolute atomic E-state index is 2.48. The zero-order valence-corrected chi connectivity index (χ0v) is 8.44. The predicted octanol–water partition coefficient (Wildman–Crippen LogP) is 0.307. The lowest BCUT2D eigenvalue weighted by Gasteiger charge is -2.22. The Hall–Kier alpha value is 0.492. The molecule has 0 rings (SSSR count). The lowest BCUT2D eigenvalue weighted by Crippen LogP contribution is -2.32. The van der Waals surface area contributed by atoms with Crippen molar-refractivity contribution >= 4 is 16.3 Å². The summed E-state index contributed by atoms with van der Waals surface area (Å²) >= 11 is 1.30. The number of nitrogens with zero attached hydrogens (tertiary/aromatic N) is 1. The molecule has 0 fully saturated rings. The fourth-order valence-corrected chi connectivity index (χ4v) is 1.68. The first-order valence-corrected chi connectivity index (χ1v) is 4.61. The molecule has 1 atom stereocenters. The van der Waals surface area contributed by atoms with Crippen LogP contribution in [0.2, 0.25) is 0 Å². The van der Waals surface area contributed by atoms with Gasteiger partial charge in [0.2, 0.25) is 16.3 Å². The first-order chi connectivity index (χ1) is 3.72. The van der Waals surface area contributed by atoms with Gasteiger partial charge in [-0.15, -0.1) is 0 Å². The third kappa shape index (κ3) is 2.72. The van der Waals surface area contributed by atoms with Crippen molar-refractivity contribution in [2.24, 2.45) is 0 Å². The van der Waals surface area contributed by atoms with E-state index in [0.29, 0.717) is 0 Å². The molecular weight excluding hydrogens is 113 g/mol. The molecule has 0 aliphatic carbocycles. The molecule has 2 heteroatoms. The topological polar surface area (TPSA) is 3.24 Å². The summed E-state index contributed by atoms with van der Waals surface area (Å²) in [6, 6.07) is 0. The second-order valence-electron chi connectivity index (χ2n) is 2.31. The van der Waals surface area contributed by atoms with Crippen LogP contribution in [0.1, 0.15) is 20.8 Å². The van der Waals surface area contributed by atoms with Gasteiger partial charge in [-0.25, -0.2) is 0 Å². The van der Waals surface area contributed by atoms with E-state index >= 15 is 0 Å². The summed E-state index contributed by atoms with van der Waals surface area (Å²) in [6.45, 7) is 9.15. The highest BCUT2D eigenvalue weighted by Gasteiger charge is 2.01. The van der Waals surface area contributed by atoms with Gasteiger partial charge in [0.1, 0.15) is 0 Å². The van der Waals surface area contributed by atoms with Crippen LogP contribution in [0.15, 0.2) is 0 Å². The van der Waals surface area contributed by atoms with Crippen LogP contribution in [0.4, 0.5) is 0 Å². The fourth-order valence-electron chi connectivity index (χ4n) is 0.954. The van der Waals surface area contributed by atoms with E-state index in [1.165, 1.54) is 29.4 Å². The van der Waals surface area contributed by atoms with Crippen LogP contribution < -0.4 is 0 Å². The van der Waals surface area contributed by atoms with Crippen LogP contribution in [-0.4, -0.2) is 39.2 Å². The minimum atomic E-state index is 0.852. The lowest BCUT2D eigenvalue weighted by atomic mass is 10.5. The van der Waals surface area contributed by atoms with Crippen LogP contribution >= 0.6 is 0 Å². The first kappa shape index (κ1) is 8.49. The largest absolute Gasteiger partial charge is 0.315 e. The fraction of sp³-hybridized carbons (Fsp3) is 1.00.